The molecule has 1 rings (SSSR count). The Kier molecular flexibility index (Phi) is 4.05. The van der Waals surface area contributed by atoms with Crippen LogP contribution in [0.25, 0.3) is 0 Å². The predicted octanol–water partition coefficient (Wildman–Crippen LogP) is 1.85. The van der Waals surface area contributed by atoms with E-state index in [1.165, 1.54) is 24.0 Å². The van der Waals surface area contributed by atoms with Crippen LogP contribution in [-0.2, 0) is 0 Å². The molecule has 82 valence electrons. The van der Waals surface area contributed by atoms with E-state index >= 15 is 0 Å². The fourth-order valence-electron chi connectivity index (χ4n) is 0.863. The summed E-state index contributed by atoms with van der Waals surface area (Å²) in [5.41, 5.74) is 0. The van der Waals surface area contributed by atoms with Crippen LogP contribution in [0.5, 0.6) is 0 Å². The van der Waals surface area contributed by atoms with Crippen LogP contribution in [0.1, 0.15) is 13.8 Å². The van der Waals surface area contributed by atoms with Crippen molar-refractivity contribution >= 4 is 17.6 Å². The van der Waals surface area contributed by atoms with Crippen molar-refractivity contribution in [2.45, 2.75) is 30.1 Å². The molecule has 2 unspecified atom stereocenters. The Bertz CT molecular complexity index is 340. The van der Waals surface area contributed by atoms with Gasteiger partial charge in [-0.3, -0.25) is 0 Å². The molecule has 0 saturated carbocycles. The number of aromatic nitrogens is 1. The minimum Gasteiger partial charge on any atom is -0.392 e. The summed E-state index contributed by atoms with van der Waals surface area (Å²) in [4.78, 5) is 14.3. The Labute approximate surface area is 91.7 Å². The van der Waals surface area contributed by atoms with Gasteiger partial charge in [-0.1, -0.05) is 6.92 Å². The van der Waals surface area contributed by atoms with Crippen LogP contribution in [0.4, 0.5) is 5.82 Å². The Morgan fingerprint density at radius 3 is 2.60 bits per heavy atom. The number of thioether (sulfide) groups is 1. The first-order chi connectivity index (χ1) is 7.00. The first-order valence-corrected chi connectivity index (χ1v) is 5.34. The maximum Gasteiger partial charge on any atom is 0.363 e. The van der Waals surface area contributed by atoms with Gasteiger partial charge in [-0.25, -0.2) is 0 Å². The summed E-state index contributed by atoms with van der Waals surface area (Å²) in [6, 6.07) is 2.99. The molecule has 6 heteroatoms. The Balaban J connectivity index is 2.68. The fourth-order valence-corrected chi connectivity index (χ4v) is 1.75. The van der Waals surface area contributed by atoms with Gasteiger partial charge in [0.2, 0.25) is 0 Å². The van der Waals surface area contributed by atoms with Crippen LogP contribution >= 0.6 is 11.8 Å². The lowest BCUT2D eigenvalue weighted by molar-refractivity contribution is -0.389. The first kappa shape index (κ1) is 11.9. The maximum absolute atomic E-state index is 10.3. The maximum atomic E-state index is 10.3. The molecule has 0 spiro atoms. The third-order valence-electron chi connectivity index (χ3n) is 1.91. The van der Waals surface area contributed by atoms with Gasteiger partial charge in [-0.15, -0.1) is 11.8 Å². The van der Waals surface area contributed by atoms with E-state index in [0.29, 0.717) is 0 Å². The van der Waals surface area contributed by atoms with Crippen molar-refractivity contribution in [1.82, 2.24) is 4.98 Å². The highest BCUT2D eigenvalue weighted by Gasteiger charge is 2.12. The molecular formula is C9H12N2O3S. The lowest BCUT2D eigenvalue weighted by Crippen LogP contribution is -2.14. The zero-order chi connectivity index (χ0) is 11.4. The number of hydrogen-bond donors (Lipinski definition) is 1. The minimum atomic E-state index is -0.535. The van der Waals surface area contributed by atoms with Crippen LogP contribution in [0.2, 0.25) is 0 Å². The van der Waals surface area contributed by atoms with E-state index in [9.17, 15) is 15.2 Å². The fraction of sp³-hybridized carbons (Fsp3) is 0.444. The van der Waals surface area contributed by atoms with E-state index in [1.807, 2.05) is 6.92 Å². The molecule has 1 N–H and O–H groups in total. The van der Waals surface area contributed by atoms with Crippen LogP contribution in [0.15, 0.2) is 23.2 Å². The van der Waals surface area contributed by atoms with Crippen molar-refractivity contribution in [3.05, 3.63) is 28.4 Å². The van der Waals surface area contributed by atoms with Crippen molar-refractivity contribution in [2.75, 3.05) is 0 Å². The molecule has 15 heavy (non-hydrogen) atoms. The molecule has 0 aromatic carbocycles. The molecule has 1 aromatic heterocycles. The lowest BCUT2D eigenvalue weighted by Gasteiger charge is -2.12. The van der Waals surface area contributed by atoms with Gasteiger partial charge in [0.25, 0.3) is 0 Å². The van der Waals surface area contributed by atoms with Gasteiger partial charge in [0, 0.05) is 11.3 Å². The summed E-state index contributed by atoms with van der Waals surface area (Å²) in [6.07, 6.45) is 1.02. The molecule has 0 radical (unpaired) electrons. The lowest BCUT2D eigenvalue weighted by atomic mass is 10.3. The predicted molar refractivity (Wildman–Crippen MR) is 57.9 cm³/mol. The summed E-state index contributed by atoms with van der Waals surface area (Å²) in [7, 11) is 0. The van der Waals surface area contributed by atoms with Crippen molar-refractivity contribution in [1.29, 1.82) is 0 Å². The van der Waals surface area contributed by atoms with Gasteiger partial charge in [-0.05, 0) is 22.9 Å². The molecule has 0 aliphatic rings. The number of nitrogens with zero attached hydrogens (tertiary/aromatic N) is 2. The van der Waals surface area contributed by atoms with Gasteiger partial charge in [-0.2, -0.15) is 0 Å². The number of hydrogen-bond acceptors (Lipinski definition) is 5. The van der Waals surface area contributed by atoms with Crippen LogP contribution in [0.3, 0.4) is 0 Å². The molecule has 0 amide bonds. The zero-order valence-corrected chi connectivity index (χ0v) is 9.27. The number of rotatable bonds is 4. The van der Waals surface area contributed by atoms with E-state index in [0.717, 1.165) is 4.90 Å². The van der Waals surface area contributed by atoms with Crippen molar-refractivity contribution < 1.29 is 10.0 Å². The van der Waals surface area contributed by atoms with Gasteiger partial charge in [0.1, 0.15) is 0 Å². The first-order valence-electron chi connectivity index (χ1n) is 4.46. The largest absolute Gasteiger partial charge is 0.392 e. The normalized spacial score (nSPS) is 14.6. The average Bonchev–Trinajstić information content (AvgIpc) is 2.18. The van der Waals surface area contributed by atoms with Gasteiger partial charge >= 0.3 is 5.82 Å². The van der Waals surface area contributed by atoms with Crippen LogP contribution in [0, 0.1) is 10.1 Å². The van der Waals surface area contributed by atoms with Gasteiger partial charge in [0.05, 0.1) is 11.0 Å². The zero-order valence-electron chi connectivity index (χ0n) is 8.45. The standard InChI is InChI=1S/C9H12N2O3S/c1-6(12)7(2)15-8-3-4-9(10-5-8)11(13)14/h3-7,12H,1-2H3. The molecule has 0 aliphatic carbocycles. The highest BCUT2D eigenvalue weighted by atomic mass is 32.2. The summed E-state index contributed by atoms with van der Waals surface area (Å²) in [5, 5.41) is 19.6. The highest BCUT2D eigenvalue weighted by Crippen LogP contribution is 2.25. The molecule has 5 nitrogen and oxygen atoms in total. The second-order valence-corrected chi connectivity index (χ2v) is 4.62. The molecule has 1 aromatic rings. The Morgan fingerprint density at radius 1 is 1.53 bits per heavy atom. The molecule has 2 atom stereocenters. The SMILES string of the molecule is CC(O)C(C)Sc1ccc([N+](=O)[O-])nc1. The summed E-state index contributed by atoms with van der Waals surface area (Å²) in [6.45, 7) is 3.59. The molecule has 0 bridgehead atoms. The average molecular weight is 228 g/mol. The second kappa shape index (κ2) is 5.09. The molecule has 0 saturated heterocycles. The number of nitro groups is 1. The molecule has 0 aliphatic heterocycles. The molecule has 0 fully saturated rings. The van der Waals surface area contributed by atoms with E-state index in [2.05, 4.69) is 4.98 Å². The van der Waals surface area contributed by atoms with E-state index in [1.54, 1.807) is 13.0 Å². The van der Waals surface area contributed by atoms with Gasteiger partial charge < -0.3 is 15.2 Å². The van der Waals surface area contributed by atoms with Crippen LogP contribution < -0.4 is 0 Å². The van der Waals surface area contributed by atoms with Crippen molar-refractivity contribution in [2.24, 2.45) is 0 Å². The second-order valence-electron chi connectivity index (χ2n) is 3.17. The summed E-state index contributed by atoms with van der Waals surface area (Å²) < 4.78 is 0. The summed E-state index contributed by atoms with van der Waals surface area (Å²) in [5.74, 6) is -0.163. The minimum absolute atomic E-state index is 0.0354. The van der Waals surface area contributed by atoms with Crippen LogP contribution in [-0.4, -0.2) is 26.4 Å². The smallest absolute Gasteiger partial charge is 0.363 e. The third kappa shape index (κ3) is 3.49. The van der Waals surface area contributed by atoms with E-state index < -0.39 is 11.0 Å². The molecular weight excluding hydrogens is 216 g/mol. The van der Waals surface area contributed by atoms with E-state index in [4.69, 9.17) is 0 Å². The Morgan fingerprint density at radius 2 is 2.20 bits per heavy atom. The Hall–Kier alpha value is -1.14. The topological polar surface area (TPSA) is 76.3 Å². The van der Waals surface area contributed by atoms with Gasteiger partial charge in [0.15, 0.2) is 6.20 Å². The quantitative estimate of drug-likeness (QED) is 0.483. The number of aliphatic hydroxyl groups is 1. The number of aliphatic hydroxyl groups excluding tert-OH is 1. The monoisotopic (exact) mass is 228 g/mol. The molecule has 1 heterocycles. The van der Waals surface area contributed by atoms with E-state index in [-0.39, 0.29) is 11.1 Å². The van der Waals surface area contributed by atoms with Crippen molar-refractivity contribution in [3.8, 4) is 0 Å². The van der Waals surface area contributed by atoms with Crippen molar-refractivity contribution in [3.63, 3.8) is 0 Å². The third-order valence-corrected chi connectivity index (χ3v) is 3.19. The number of pyridine rings is 1. The summed E-state index contributed by atoms with van der Waals surface area (Å²) >= 11 is 1.44. The highest BCUT2D eigenvalue weighted by molar-refractivity contribution is 8.00.